The van der Waals surface area contributed by atoms with Gasteiger partial charge in [0.25, 0.3) is 5.91 Å². The van der Waals surface area contributed by atoms with Crippen molar-refractivity contribution in [3.8, 4) is 5.75 Å². The van der Waals surface area contributed by atoms with Crippen molar-refractivity contribution in [2.45, 2.75) is 23.9 Å². The summed E-state index contributed by atoms with van der Waals surface area (Å²) in [6.07, 6.45) is -0.810. The average molecular weight is 653 g/mol. The molecule has 0 aliphatic rings. The molecule has 0 aliphatic heterocycles. The van der Waals surface area contributed by atoms with Gasteiger partial charge in [-0.25, -0.2) is 22.7 Å². The number of hydrogen-bond donors (Lipinski definition) is 5. The third kappa shape index (κ3) is 8.75. The Balaban J connectivity index is 1.63. The monoisotopic (exact) mass is 652 g/mol. The summed E-state index contributed by atoms with van der Waals surface area (Å²) in [6.45, 7) is -1.14. The van der Waals surface area contributed by atoms with Crippen molar-refractivity contribution in [3.63, 3.8) is 0 Å². The highest BCUT2D eigenvalue weighted by Crippen LogP contribution is 2.25. The van der Waals surface area contributed by atoms with Crippen molar-refractivity contribution < 1.29 is 52.4 Å². The molecule has 0 radical (unpaired) electrons. The van der Waals surface area contributed by atoms with E-state index in [1.165, 1.54) is 42.5 Å². The van der Waals surface area contributed by atoms with Gasteiger partial charge < -0.3 is 25.4 Å². The van der Waals surface area contributed by atoms with Crippen molar-refractivity contribution in [3.05, 3.63) is 93.0 Å². The second kappa shape index (κ2) is 14.1. The van der Waals surface area contributed by atoms with E-state index in [0.717, 1.165) is 18.2 Å². The molecule has 1 unspecified atom stereocenters. The quantitative estimate of drug-likeness (QED) is 0.169. The fourth-order valence-electron chi connectivity index (χ4n) is 3.55. The third-order valence-electron chi connectivity index (χ3n) is 5.78. The highest BCUT2D eigenvalue weighted by atomic mass is 35.5. The number of halogens is 2. The molecule has 1 amide bonds. The SMILES string of the molecule is O=C(O)CC(NC(=O)c1ccc(CNS(=O)(=O)c2ccc(O)c(C(=O)O)c2)cc1)C(=O)COC(=O)c1c(Cl)cccc1Cl. The second-order valence-corrected chi connectivity index (χ2v) is 11.3. The lowest BCUT2D eigenvalue weighted by Crippen LogP contribution is -2.44. The number of sulfonamides is 1. The Bertz CT molecular complexity index is 1670. The average Bonchev–Trinajstić information content (AvgIpc) is 2.94. The first-order chi connectivity index (χ1) is 20.2. The molecule has 3 aromatic rings. The van der Waals surface area contributed by atoms with Crippen molar-refractivity contribution in [1.29, 1.82) is 0 Å². The van der Waals surface area contributed by atoms with Gasteiger partial charge in [0.15, 0.2) is 12.4 Å². The second-order valence-electron chi connectivity index (χ2n) is 8.77. The van der Waals surface area contributed by atoms with Crippen LogP contribution in [0.25, 0.3) is 0 Å². The molecule has 3 aromatic carbocycles. The smallest absolute Gasteiger partial charge is 0.341 e. The maximum Gasteiger partial charge on any atom is 0.341 e. The van der Waals surface area contributed by atoms with E-state index < -0.39 is 74.9 Å². The van der Waals surface area contributed by atoms with E-state index >= 15 is 0 Å². The summed E-state index contributed by atoms with van der Waals surface area (Å²) in [5.41, 5.74) is -0.395. The molecule has 0 heterocycles. The van der Waals surface area contributed by atoms with Gasteiger partial charge in [-0.3, -0.25) is 14.4 Å². The van der Waals surface area contributed by atoms with Crippen LogP contribution in [0.5, 0.6) is 5.75 Å². The molecule has 0 aromatic heterocycles. The van der Waals surface area contributed by atoms with Gasteiger partial charge in [0, 0.05) is 12.1 Å². The predicted molar refractivity (Wildman–Crippen MR) is 151 cm³/mol. The summed E-state index contributed by atoms with van der Waals surface area (Å²) in [6, 6.07) is 10.8. The number of aromatic hydroxyl groups is 1. The molecule has 0 bridgehead atoms. The van der Waals surface area contributed by atoms with Gasteiger partial charge in [-0.2, -0.15) is 0 Å². The van der Waals surface area contributed by atoms with Crippen molar-refractivity contribution >= 4 is 62.8 Å². The number of carbonyl (C=O) groups excluding carboxylic acids is 3. The number of aromatic carboxylic acids is 1. The maximum absolute atomic E-state index is 12.7. The van der Waals surface area contributed by atoms with Gasteiger partial charge in [0.2, 0.25) is 10.0 Å². The van der Waals surface area contributed by atoms with E-state index in [2.05, 4.69) is 10.0 Å². The first kappa shape index (κ1) is 33.0. The molecule has 0 saturated carbocycles. The number of aliphatic carboxylic acids is 1. The van der Waals surface area contributed by atoms with Crippen LogP contribution in [0.15, 0.2) is 65.6 Å². The van der Waals surface area contributed by atoms with Gasteiger partial charge in [-0.05, 0) is 48.0 Å². The molecule has 0 aliphatic carbocycles. The fourth-order valence-corrected chi connectivity index (χ4v) is 5.15. The first-order valence-electron chi connectivity index (χ1n) is 12.0. The van der Waals surface area contributed by atoms with Gasteiger partial charge in [-0.15, -0.1) is 0 Å². The number of rotatable bonds is 13. The number of nitrogens with one attached hydrogen (secondary N) is 2. The van der Waals surface area contributed by atoms with E-state index in [4.69, 9.17) is 33.0 Å². The number of esters is 1. The lowest BCUT2D eigenvalue weighted by molar-refractivity contribution is -0.139. The van der Waals surface area contributed by atoms with Gasteiger partial charge in [0.1, 0.15) is 17.4 Å². The number of carboxylic acid groups (broad SMARTS) is 2. The van der Waals surface area contributed by atoms with Gasteiger partial charge >= 0.3 is 17.9 Å². The summed E-state index contributed by atoms with van der Waals surface area (Å²) in [5.74, 6) is -6.31. The van der Waals surface area contributed by atoms with Crippen LogP contribution in [0.4, 0.5) is 0 Å². The Morgan fingerprint density at radius 3 is 2.12 bits per heavy atom. The number of amides is 1. The molecule has 0 fully saturated rings. The lowest BCUT2D eigenvalue weighted by Gasteiger charge is -2.16. The Kier molecular flexibility index (Phi) is 10.8. The number of benzene rings is 3. The van der Waals surface area contributed by atoms with Crippen LogP contribution < -0.4 is 10.0 Å². The number of Topliss-reactive ketones (excluding diaryl/α,β-unsaturated/α-hetero) is 1. The fraction of sp³-hybridized carbons (Fsp3) is 0.148. The Hall–Kier alpha value is -4.50. The van der Waals surface area contributed by atoms with E-state index in [-0.39, 0.29) is 27.7 Å². The Morgan fingerprint density at radius 1 is 0.907 bits per heavy atom. The zero-order valence-corrected chi connectivity index (χ0v) is 24.1. The molecule has 0 saturated heterocycles. The minimum Gasteiger partial charge on any atom is -0.507 e. The van der Waals surface area contributed by atoms with E-state index in [1.54, 1.807) is 0 Å². The molecule has 226 valence electrons. The normalized spacial score (nSPS) is 11.8. The maximum atomic E-state index is 12.7. The minimum atomic E-state index is -4.18. The zero-order valence-electron chi connectivity index (χ0n) is 21.7. The third-order valence-corrected chi connectivity index (χ3v) is 7.81. The van der Waals surface area contributed by atoms with Crippen LogP contribution in [0.3, 0.4) is 0 Å². The standard InChI is InChI=1S/C27H22Cl2N2O11S/c28-18-2-1-3-19(29)24(18)27(39)42-13-22(33)20(11-23(34)35)31-25(36)15-6-4-14(5-7-15)12-30-43(40,41)16-8-9-21(32)17(10-16)26(37)38/h1-10,20,30,32H,11-13H2,(H,31,36)(H,34,35)(H,37,38). The summed E-state index contributed by atoms with van der Waals surface area (Å²) >= 11 is 11.9. The van der Waals surface area contributed by atoms with Crippen molar-refractivity contribution in [1.82, 2.24) is 10.0 Å². The number of carboxylic acids is 2. The Labute approximate surface area is 254 Å². The van der Waals surface area contributed by atoms with Crippen LogP contribution in [-0.4, -0.2) is 66.0 Å². The van der Waals surface area contributed by atoms with Gasteiger partial charge in [0.05, 0.1) is 26.9 Å². The van der Waals surface area contributed by atoms with Crippen molar-refractivity contribution in [2.24, 2.45) is 0 Å². The van der Waals surface area contributed by atoms with E-state index in [9.17, 15) is 42.6 Å². The Morgan fingerprint density at radius 2 is 1.53 bits per heavy atom. The number of hydrogen-bond acceptors (Lipinski definition) is 9. The first-order valence-corrected chi connectivity index (χ1v) is 14.2. The number of carbonyl (C=O) groups is 5. The number of ether oxygens (including phenoxy) is 1. The summed E-state index contributed by atoms with van der Waals surface area (Å²) in [4.78, 5) is 59.8. The highest BCUT2D eigenvalue weighted by Gasteiger charge is 2.26. The lowest BCUT2D eigenvalue weighted by atomic mass is 10.1. The molecule has 5 N–H and O–H groups in total. The highest BCUT2D eigenvalue weighted by molar-refractivity contribution is 7.89. The molecule has 43 heavy (non-hydrogen) atoms. The molecular weight excluding hydrogens is 631 g/mol. The van der Waals surface area contributed by atoms with Crippen LogP contribution in [0.1, 0.15) is 43.1 Å². The molecular formula is C27H22Cl2N2O11S. The van der Waals surface area contributed by atoms with Crippen molar-refractivity contribution in [2.75, 3.05) is 6.61 Å². The molecule has 1 atom stereocenters. The predicted octanol–water partition coefficient (Wildman–Crippen LogP) is 2.87. The number of ketones is 1. The van der Waals surface area contributed by atoms with Crippen LogP contribution in [-0.2, 0) is 30.9 Å². The number of phenols is 1. The summed E-state index contributed by atoms with van der Waals surface area (Å²) < 4.78 is 32.3. The molecule has 3 rings (SSSR count). The van der Waals surface area contributed by atoms with Crippen LogP contribution >= 0.6 is 23.2 Å². The molecule has 13 nitrogen and oxygen atoms in total. The summed E-state index contributed by atoms with van der Waals surface area (Å²) in [5, 5.41) is 30.1. The molecule has 16 heteroatoms. The summed E-state index contributed by atoms with van der Waals surface area (Å²) in [7, 11) is -4.18. The van der Waals surface area contributed by atoms with Crippen LogP contribution in [0.2, 0.25) is 10.0 Å². The topological polar surface area (TPSA) is 213 Å². The molecule has 0 spiro atoms. The van der Waals surface area contributed by atoms with E-state index in [0.29, 0.717) is 5.56 Å². The zero-order chi connectivity index (χ0) is 31.9. The largest absolute Gasteiger partial charge is 0.507 e. The van der Waals surface area contributed by atoms with Gasteiger partial charge in [-0.1, -0.05) is 41.4 Å². The van der Waals surface area contributed by atoms with E-state index in [1.807, 2.05) is 0 Å². The van der Waals surface area contributed by atoms with Crippen LogP contribution in [0, 0.1) is 0 Å². The minimum absolute atomic E-state index is 0.000672.